The zero-order valence-corrected chi connectivity index (χ0v) is 14.7. The Morgan fingerprint density at radius 2 is 1.84 bits per heavy atom. The van der Waals surface area contributed by atoms with Crippen LogP contribution in [0.25, 0.3) is 0 Å². The molecule has 1 amide bonds. The zero-order valence-electron chi connectivity index (χ0n) is 13.9. The van der Waals surface area contributed by atoms with Gasteiger partial charge in [-0.05, 0) is 36.5 Å². The highest BCUT2D eigenvalue weighted by Gasteiger charge is 2.29. The third-order valence-electron chi connectivity index (χ3n) is 4.32. The summed E-state index contributed by atoms with van der Waals surface area (Å²) in [6.45, 7) is 0. The maximum atomic E-state index is 12.7. The number of hydrogen-bond donors (Lipinski definition) is 2. The van der Waals surface area contributed by atoms with E-state index in [-0.39, 0.29) is 23.6 Å². The van der Waals surface area contributed by atoms with Gasteiger partial charge in [-0.3, -0.25) is 9.59 Å². The summed E-state index contributed by atoms with van der Waals surface area (Å²) in [5.41, 5.74) is 2.30. The van der Waals surface area contributed by atoms with Crippen LogP contribution in [-0.2, 0) is 22.4 Å². The topological polar surface area (TPSA) is 66.4 Å². The van der Waals surface area contributed by atoms with Gasteiger partial charge in [0.05, 0.1) is 5.25 Å². The van der Waals surface area contributed by atoms with Crippen LogP contribution in [0.15, 0.2) is 59.5 Å². The van der Waals surface area contributed by atoms with Gasteiger partial charge in [-0.2, -0.15) is 0 Å². The van der Waals surface area contributed by atoms with Crippen molar-refractivity contribution in [3.05, 3.63) is 65.7 Å². The summed E-state index contributed by atoms with van der Waals surface area (Å²) in [6.07, 6.45) is 1.85. The highest BCUT2D eigenvalue weighted by atomic mass is 32.2. The van der Waals surface area contributed by atoms with E-state index in [1.54, 1.807) is 11.8 Å². The number of carbonyl (C=O) groups excluding carboxylic acids is 1. The lowest BCUT2D eigenvalue weighted by Gasteiger charge is -2.20. The molecule has 1 aliphatic rings. The van der Waals surface area contributed by atoms with E-state index in [4.69, 9.17) is 5.11 Å². The highest BCUT2D eigenvalue weighted by Crippen LogP contribution is 2.36. The number of rotatable bonds is 7. The first-order valence-corrected chi connectivity index (χ1v) is 9.30. The molecule has 0 aromatic heterocycles. The van der Waals surface area contributed by atoms with Gasteiger partial charge in [-0.1, -0.05) is 48.5 Å². The predicted octanol–water partition coefficient (Wildman–Crippen LogP) is 3.30. The summed E-state index contributed by atoms with van der Waals surface area (Å²) in [5.74, 6) is -0.845. The second-order valence-electron chi connectivity index (χ2n) is 6.25. The van der Waals surface area contributed by atoms with Crippen LogP contribution in [0.3, 0.4) is 0 Å². The summed E-state index contributed by atoms with van der Waals surface area (Å²) in [7, 11) is 0. The number of fused-ring (bicyclic) bond motifs is 1. The summed E-state index contributed by atoms with van der Waals surface area (Å²) in [5, 5.41) is 11.9. The average Bonchev–Trinajstić information content (AvgIpc) is 3.05. The monoisotopic (exact) mass is 355 g/mol. The van der Waals surface area contributed by atoms with Gasteiger partial charge in [-0.25, -0.2) is 0 Å². The molecule has 1 aliphatic heterocycles. The molecular formula is C20H21NO3S. The van der Waals surface area contributed by atoms with E-state index < -0.39 is 5.97 Å². The first-order chi connectivity index (χ1) is 12.1. The Kier molecular flexibility index (Phi) is 5.76. The largest absolute Gasteiger partial charge is 0.481 e. The van der Waals surface area contributed by atoms with E-state index >= 15 is 0 Å². The molecular weight excluding hydrogens is 334 g/mol. The molecule has 0 aliphatic carbocycles. The quantitative estimate of drug-likeness (QED) is 0.800. The molecule has 3 rings (SSSR count). The molecule has 5 heteroatoms. The number of hydrogen-bond acceptors (Lipinski definition) is 3. The van der Waals surface area contributed by atoms with Crippen LogP contribution in [0.1, 0.15) is 24.0 Å². The van der Waals surface area contributed by atoms with Crippen molar-refractivity contribution >= 4 is 23.6 Å². The number of benzene rings is 2. The summed E-state index contributed by atoms with van der Waals surface area (Å²) in [6, 6.07) is 17.8. The molecule has 0 fully saturated rings. The van der Waals surface area contributed by atoms with E-state index in [2.05, 4.69) is 11.4 Å². The Balaban J connectivity index is 1.63. The van der Waals surface area contributed by atoms with Gasteiger partial charge in [0.25, 0.3) is 0 Å². The van der Waals surface area contributed by atoms with Crippen molar-refractivity contribution in [3.63, 3.8) is 0 Å². The molecule has 0 saturated carbocycles. The van der Waals surface area contributed by atoms with E-state index in [9.17, 15) is 9.59 Å². The predicted molar refractivity (Wildman–Crippen MR) is 98.7 cm³/mol. The van der Waals surface area contributed by atoms with Crippen LogP contribution in [-0.4, -0.2) is 28.3 Å². The summed E-state index contributed by atoms with van der Waals surface area (Å²) < 4.78 is 0. The second-order valence-corrected chi connectivity index (χ2v) is 7.49. The maximum Gasteiger partial charge on any atom is 0.303 e. The third-order valence-corrected chi connectivity index (χ3v) is 5.64. The minimum absolute atomic E-state index is 0.00693. The van der Waals surface area contributed by atoms with Crippen LogP contribution in [0, 0.1) is 0 Å². The lowest BCUT2D eigenvalue weighted by molar-refractivity contribution is -0.137. The van der Waals surface area contributed by atoms with Crippen molar-refractivity contribution in [3.8, 4) is 0 Å². The minimum Gasteiger partial charge on any atom is -0.481 e. The van der Waals surface area contributed by atoms with Gasteiger partial charge < -0.3 is 10.4 Å². The first kappa shape index (κ1) is 17.5. The number of carboxylic acid groups (broad SMARTS) is 1. The second kappa shape index (κ2) is 8.21. The maximum absolute atomic E-state index is 12.7. The molecule has 0 spiro atoms. The van der Waals surface area contributed by atoms with Crippen LogP contribution in [0.4, 0.5) is 0 Å². The van der Waals surface area contributed by atoms with E-state index in [0.717, 1.165) is 16.9 Å². The first-order valence-electron chi connectivity index (χ1n) is 8.42. The van der Waals surface area contributed by atoms with E-state index in [1.807, 2.05) is 48.5 Å². The van der Waals surface area contributed by atoms with Crippen LogP contribution in [0.5, 0.6) is 0 Å². The van der Waals surface area contributed by atoms with Gasteiger partial charge in [0, 0.05) is 17.4 Å². The number of amides is 1. The van der Waals surface area contributed by atoms with Gasteiger partial charge in [0.2, 0.25) is 5.91 Å². The molecule has 4 nitrogen and oxygen atoms in total. The van der Waals surface area contributed by atoms with Crippen molar-refractivity contribution in [1.82, 2.24) is 5.32 Å². The number of carbonyl (C=O) groups is 2. The number of carboxylic acids is 1. The summed E-state index contributed by atoms with van der Waals surface area (Å²) in [4.78, 5) is 24.8. The smallest absolute Gasteiger partial charge is 0.303 e. The fourth-order valence-corrected chi connectivity index (χ4v) is 4.25. The molecule has 1 heterocycles. The Labute approximate surface area is 151 Å². The summed E-state index contributed by atoms with van der Waals surface area (Å²) >= 11 is 1.59. The molecule has 2 N–H and O–H groups in total. The molecule has 2 atom stereocenters. The molecule has 2 aromatic carbocycles. The number of aliphatic carboxylic acids is 1. The average molecular weight is 355 g/mol. The van der Waals surface area contributed by atoms with Gasteiger partial charge in [0.15, 0.2) is 0 Å². The molecule has 25 heavy (non-hydrogen) atoms. The molecule has 2 aromatic rings. The number of nitrogens with one attached hydrogen (secondary N) is 1. The normalized spacial score (nSPS) is 16.9. The van der Waals surface area contributed by atoms with Crippen molar-refractivity contribution in [2.24, 2.45) is 0 Å². The third kappa shape index (κ3) is 4.86. The van der Waals surface area contributed by atoms with Crippen LogP contribution < -0.4 is 5.32 Å². The minimum atomic E-state index is -0.838. The van der Waals surface area contributed by atoms with Crippen molar-refractivity contribution < 1.29 is 14.7 Å². The van der Waals surface area contributed by atoms with Gasteiger partial charge in [0.1, 0.15) is 0 Å². The number of thioether (sulfide) groups is 1. The van der Waals surface area contributed by atoms with Crippen molar-refractivity contribution in [1.29, 1.82) is 0 Å². The molecule has 0 saturated heterocycles. The Morgan fingerprint density at radius 3 is 2.56 bits per heavy atom. The van der Waals surface area contributed by atoms with E-state index in [0.29, 0.717) is 12.8 Å². The zero-order chi connectivity index (χ0) is 17.6. The molecule has 0 radical (unpaired) electrons. The van der Waals surface area contributed by atoms with Crippen LogP contribution in [0.2, 0.25) is 0 Å². The highest BCUT2D eigenvalue weighted by molar-refractivity contribution is 8.01. The fraction of sp³-hybridized carbons (Fsp3) is 0.300. The molecule has 0 bridgehead atoms. The lowest BCUT2D eigenvalue weighted by atomic mass is 10.0. The van der Waals surface area contributed by atoms with Gasteiger partial charge in [-0.15, -0.1) is 11.8 Å². The Bertz CT molecular complexity index is 723. The van der Waals surface area contributed by atoms with Gasteiger partial charge >= 0.3 is 5.97 Å². The van der Waals surface area contributed by atoms with Crippen LogP contribution >= 0.6 is 11.8 Å². The van der Waals surface area contributed by atoms with Crippen molar-refractivity contribution in [2.45, 2.75) is 41.9 Å². The van der Waals surface area contributed by atoms with E-state index in [1.165, 1.54) is 5.56 Å². The molecule has 130 valence electrons. The lowest BCUT2D eigenvalue weighted by Crippen LogP contribution is -2.41. The molecule has 2 unspecified atom stereocenters. The SMILES string of the molecule is O=C(O)CCC(Cc1ccccc1)NC(=O)C1Cc2ccccc2S1. The Hall–Kier alpha value is -2.27. The van der Waals surface area contributed by atoms with Crippen molar-refractivity contribution in [2.75, 3.05) is 0 Å². The Morgan fingerprint density at radius 1 is 1.12 bits per heavy atom. The fourth-order valence-electron chi connectivity index (χ4n) is 3.04. The standard InChI is InChI=1S/C20H21NO3S/c22-19(23)11-10-16(12-14-6-2-1-3-7-14)21-20(24)18-13-15-8-4-5-9-17(15)25-18/h1-9,16,18H,10-13H2,(H,21,24)(H,22,23).